The summed E-state index contributed by atoms with van der Waals surface area (Å²) in [5.41, 5.74) is 5.44. The van der Waals surface area contributed by atoms with Crippen molar-refractivity contribution in [2.45, 2.75) is 32.6 Å². The zero-order chi connectivity index (χ0) is 36.1. The van der Waals surface area contributed by atoms with Crippen LogP contribution in [0.1, 0.15) is 44.3 Å². The predicted molar refractivity (Wildman–Crippen MR) is 187 cm³/mol. The smallest absolute Gasteiger partial charge is 0.255 e. The van der Waals surface area contributed by atoms with E-state index in [2.05, 4.69) is 15.8 Å². The molecule has 1 aromatic heterocycles. The van der Waals surface area contributed by atoms with Gasteiger partial charge in [-0.25, -0.2) is 0 Å². The highest BCUT2D eigenvalue weighted by Gasteiger charge is 2.26. The minimum Gasteiger partial charge on any atom is -0.493 e. The van der Waals surface area contributed by atoms with Crippen LogP contribution in [0.5, 0.6) is 23.0 Å². The zero-order valence-corrected chi connectivity index (χ0v) is 28.5. The van der Waals surface area contributed by atoms with Gasteiger partial charge in [-0.3, -0.25) is 4.79 Å². The van der Waals surface area contributed by atoms with Crippen LogP contribution >= 0.6 is 11.6 Å². The number of hydrogen-bond acceptors (Lipinski definition) is 12. The Balaban J connectivity index is 1.13. The summed E-state index contributed by atoms with van der Waals surface area (Å²) in [5.74, 6) is 1.67. The summed E-state index contributed by atoms with van der Waals surface area (Å²) in [6.45, 7) is -1.01. The van der Waals surface area contributed by atoms with Gasteiger partial charge >= 0.3 is 0 Å². The number of carbonyl (C=O) groups is 1. The minimum absolute atomic E-state index is 0.106. The topological polar surface area (TPSA) is 185 Å². The second kappa shape index (κ2) is 15.7. The molecule has 0 bridgehead atoms. The molecule has 266 valence electrons. The van der Waals surface area contributed by atoms with Crippen LogP contribution in [0.3, 0.4) is 0 Å². The van der Waals surface area contributed by atoms with Gasteiger partial charge in [0.05, 0.1) is 46.2 Å². The van der Waals surface area contributed by atoms with Crippen molar-refractivity contribution in [3.05, 3.63) is 105 Å². The number of aliphatic hydroxyl groups excluding tert-OH is 4. The lowest BCUT2D eigenvalue weighted by molar-refractivity contribution is 0.0935. The van der Waals surface area contributed by atoms with Crippen molar-refractivity contribution in [3.63, 3.8) is 0 Å². The Labute approximate surface area is 297 Å². The number of aliphatic hydroxyl groups is 4. The molecule has 2 heterocycles. The number of ether oxygens (including phenoxy) is 4. The van der Waals surface area contributed by atoms with E-state index in [4.69, 9.17) is 35.1 Å². The molecule has 5 aromatic rings. The molecule has 1 unspecified atom stereocenters. The van der Waals surface area contributed by atoms with Crippen LogP contribution in [0.2, 0.25) is 5.02 Å². The van der Waals surface area contributed by atoms with Gasteiger partial charge in [0.1, 0.15) is 30.8 Å². The fourth-order valence-electron chi connectivity index (χ4n) is 5.88. The van der Waals surface area contributed by atoms with Crippen molar-refractivity contribution in [3.8, 4) is 45.6 Å². The van der Waals surface area contributed by atoms with Gasteiger partial charge in [0.25, 0.3) is 5.91 Å². The number of benzene rings is 4. The first kappa shape index (κ1) is 35.5. The van der Waals surface area contributed by atoms with Crippen molar-refractivity contribution < 1.29 is 48.7 Å². The number of nitrogens with zero attached hydrogens (tertiary/aromatic N) is 1. The van der Waals surface area contributed by atoms with Crippen molar-refractivity contribution in [2.24, 2.45) is 0 Å². The van der Waals surface area contributed by atoms with Gasteiger partial charge in [-0.05, 0) is 76.9 Å². The molecule has 0 radical (unpaired) electrons. The van der Waals surface area contributed by atoms with Crippen molar-refractivity contribution in [1.29, 1.82) is 0 Å². The molecule has 51 heavy (non-hydrogen) atoms. The van der Waals surface area contributed by atoms with E-state index >= 15 is 0 Å². The van der Waals surface area contributed by atoms with Gasteiger partial charge in [0.2, 0.25) is 5.75 Å². The molecule has 1 atom stereocenters. The summed E-state index contributed by atoms with van der Waals surface area (Å²) in [6, 6.07) is 18.9. The molecule has 6 N–H and O–H groups in total. The Morgan fingerprint density at radius 1 is 0.745 bits per heavy atom. The van der Waals surface area contributed by atoms with Gasteiger partial charge in [0, 0.05) is 33.5 Å². The third kappa shape index (κ3) is 7.43. The number of nitrogens with one attached hydrogen (secondary N) is 2. The lowest BCUT2D eigenvalue weighted by atomic mass is 9.97. The maximum atomic E-state index is 12.7. The standard InChI is InChI=1S/C37H36ClN3O10/c1-47-33-12-22(32-15-30(41-51-32)21-10-23(16-42)28(19-45)24(11-21)17-43)13-34(48-2)35(33)50-8-7-49-31-6-3-20(9-25(31)18-44)36-39-29-5-4-26(38)14-27(29)37(46)40-36/h3-6,9-15,36,39,42-45H,7-8,16-19H2,1-2H3,(H,40,46). The van der Waals surface area contributed by atoms with Crippen LogP contribution < -0.4 is 29.6 Å². The average molecular weight is 718 g/mol. The SMILES string of the molecule is COc1cc(-c2cc(-c3cc(CO)c(CO)c(CO)c3)no2)cc(OC)c1OCCOc1ccc(C2NC(=O)c3cc(Cl)ccc3N2)cc1CO. The summed E-state index contributed by atoms with van der Waals surface area (Å²) < 4.78 is 28.9. The van der Waals surface area contributed by atoms with E-state index in [0.717, 1.165) is 5.56 Å². The molecule has 4 aromatic carbocycles. The first-order valence-electron chi connectivity index (χ1n) is 15.9. The number of carbonyl (C=O) groups excluding carboxylic acids is 1. The highest BCUT2D eigenvalue weighted by molar-refractivity contribution is 6.31. The Morgan fingerprint density at radius 3 is 2.08 bits per heavy atom. The average Bonchev–Trinajstić information content (AvgIpc) is 3.66. The molecule has 6 rings (SSSR count). The first-order chi connectivity index (χ1) is 24.8. The van der Waals surface area contributed by atoms with Gasteiger partial charge in [0.15, 0.2) is 17.3 Å². The summed E-state index contributed by atoms with van der Waals surface area (Å²) in [7, 11) is 2.99. The normalized spacial score (nSPS) is 13.6. The maximum absolute atomic E-state index is 12.7. The molecule has 0 spiro atoms. The number of hydrogen-bond donors (Lipinski definition) is 6. The number of fused-ring (bicyclic) bond motifs is 1. The summed E-state index contributed by atoms with van der Waals surface area (Å²) >= 11 is 6.05. The zero-order valence-electron chi connectivity index (χ0n) is 27.7. The third-order valence-corrected chi connectivity index (χ3v) is 8.70. The quantitative estimate of drug-likeness (QED) is 0.0850. The maximum Gasteiger partial charge on any atom is 0.255 e. The van der Waals surface area contributed by atoms with E-state index in [1.807, 2.05) is 0 Å². The van der Waals surface area contributed by atoms with Crippen LogP contribution in [0.15, 0.2) is 71.3 Å². The second-order valence-electron chi connectivity index (χ2n) is 11.5. The van der Waals surface area contributed by atoms with E-state index in [9.17, 15) is 25.2 Å². The van der Waals surface area contributed by atoms with E-state index in [-0.39, 0.29) is 45.5 Å². The molecular weight excluding hydrogens is 682 g/mol. The minimum atomic E-state index is -0.517. The third-order valence-electron chi connectivity index (χ3n) is 8.46. The number of methoxy groups -OCH3 is 2. The Hall–Kier alpha value is -5.31. The number of halogens is 1. The van der Waals surface area contributed by atoms with E-state index in [0.29, 0.717) is 84.1 Å². The van der Waals surface area contributed by atoms with Gasteiger partial charge < -0.3 is 54.5 Å². The molecular formula is C37H36ClN3O10. The van der Waals surface area contributed by atoms with E-state index < -0.39 is 6.17 Å². The fraction of sp³-hybridized carbons (Fsp3) is 0.243. The first-order valence-corrected chi connectivity index (χ1v) is 16.2. The fourth-order valence-corrected chi connectivity index (χ4v) is 6.05. The van der Waals surface area contributed by atoms with Gasteiger partial charge in [-0.2, -0.15) is 0 Å². The molecule has 1 aliphatic heterocycles. The number of rotatable bonds is 14. The highest BCUT2D eigenvalue weighted by Crippen LogP contribution is 2.42. The molecule has 14 heteroatoms. The highest BCUT2D eigenvalue weighted by atomic mass is 35.5. The number of aromatic nitrogens is 1. The van der Waals surface area contributed by atoms with Crippen LogP contribution in [-0.2, 0) is 26.4 Å². The Kier molecular flexibility index (Phi) is 10.9. The van der Waals surface area contributed by atoms with E-state index in [1.54, 1.807) is 66.7 Å². The van der Waals surface area contributed by atoms with Crippen molar-refractivity contribution >= 4 is 23.2 Å². The van der Waals surface area contributed by atoms with Crippen LogP contribution in [0, 0.1) is 0 Å². The van der Waals surface area contributed by atoms with Crippen LogP contribution in [0.25, 0.3) is 22.6 Å². The summed E-state index contributed by atoms with van der Waals surface area (Å²) in [4.78, 5) is 12.7. The molecule has 0 saturated heterocycles. The Bertz CT molecular complexity index is 2000. The second-order valence-corrected chi connectivity index (χ2v) is 11.9. The lowest BCUT2D eigenvalue weighted by Crippen LogP contribution is -2.38. The summed E-state index contributed by atoms with van der Waals surface area (Å²) in [5, 5.41) is 50.2. The largest absolute Gasteiger partial charge is 0.493 e. The Morgan fingerprint density at radius 2 is 1.43 bits per heavy atom. The molecule has 0 saturated carbocycles. The monoisotopic (exact) mass is 717 g/mol. The molecule has 0 aliphatic carbocycles. The molecule has 1 amide bonds. The number of amides is 1. The number of anilines is 1. The molecule has 13 nitrogen and oxygen atoms in total. The predicted octanol–water partition coefficient (Wildman–Crippen LogP) is 4.96. The summed E-state index contributed by atoms with van der Waals surface area (Å²) in [6.07, 6.45) is -0.517. The van der Waals surface area contributed by atoms with Crippen LogP contribution in [0.4, 0.5) is 5.69 Å². The van der Waals surface area contributed by atoms with Gasteiger partial charge in [-0.1, -0.05) is 22.8 Å². The van der Waals surface area contributed by atoms with Crippen molar-refractivity contribution in [1.82, 2.24) is 10.5 Å². The van der Waals surface area contributed by atoms with Crippen molar-refractivity contribution in [2.75, 3.05) is 32.8 Å². The van der Waals surface area contributed by atoms with E-state index in [1.165, 1.54) is 14.2 Å². The molecule has 0 fully saturated rings. The molecule has 1 aliphatic rings. The lowest BCUT2D eigenvalue weighted by Gasteiger charge is -2.28. The van der Waals surface area contributed by atoms with Gasteiger partial charge in [-0.15, -0.1) is 0 Å². The van der Waals surface area contributed by atoms with Crippen LogP contribution in [-0.4, -0.2) is 58.9 Å².